The zero-order valence-electron chi connectivity index (χ0n) is 15.3. The van der Waals surface area contributed by atoms with Crippen molar-refractivity contribution in [3.05, 3.63) is 83.9 Å². The molecule has 5 nitrogen and oxygen atoms in total. The molecule has 1 N–H and O–H groups in total. The molecular weight excluding hydrogens is 353 g/mol. The molecule has 0 atom stereocenters. The number of halogens is 1. The Kier molecular flexibility index (Phi) is 4.90. The van der Waals surface area contributed by atoms with Crippen molar-refractivity contribution in [1.82, 2.24) is 9.97 Å². The minimum absolute atomic E-state index is 0.254. The molecule has 1 aliphatic rings. The first-order valence-electron chi connectivity index (χ1n) is 9.25. The summed E-state index contributed by atoms with van der Waals surface area (Å²) in [4.78, 5) is 10.9. The monoisotopic (exact) mass is 373 g/mol. The zero-order valence-corrected chi connectivity index (χ0v) is 15.3. The van der Waals surface area contributed by atoms with Crippen molar-refractivity contribution in [2.45, 2.75) is 18.4 Å². The minimum Gasteiger partial charge on any atom is -0.371 e. The van der Waals surface area contributed by atoms with Crippen molar-refractivity contribution in [2.75, 3.05) is 23.3 Å². The molecule has 0 aliphatic carbocycles. The number of nitrogens with zero attached hydrogens (tertiary/aromatic N) is 4. The van der Waals surface area contributed by atoms with Gasteiger partial charge in [0.2, 0.25) is 5.95 Å². The molecule has 0 amide bonds. The van der Waals surface area contributed by atoms with Crippen molar-refractivity contribution >= 4 is 11.6 Å². The van der Waals surface area contributed by atoms with Gasteiger partial charge in [0.15, 0.2) is 0 Å². The van der Waals surface area contributed by atoms with Gasteiger partial charge in [-0.15, -0.1) is 0 Å². The standard InChI is InChI=1S/C22H20FN5/c23-19-8-6-18(7-9-19)22(27-21-25-15-17(14-24)16-26-21)10-12-28(13-11-22)20-4-2-1-3-5-20/h1-9,15-16H,10-13H2,(H,25,26,27). The van der Waals surface area contributed by atoms with E-state index in [4.69, 9.17) is 5.26 Å². The van der Waals surface area contributed by atoms with E-state index in [1.807, 2.05) is 36.4 Å². The van der Waals surface area contributed by atoms with Gasteiger partial charge in [0, 0.05) is 18.8 Å². The SMILES string of the molecule is N#Cc1cnc(NC2(c3ccc(F)cc3)CCN(c3ccccc3)CC2)nc1. The van der Waals surface area contributed by atoms with Crippen LogP contribution in [0, 0.1) is 17.1 Å². The van der Waals surface area contributed by atoms with Crippen LogP contribution in [0.2, 0.25) is 0 Å². The lowest BCUT2D eigenvalue weighted by Crippen LogP contribution is -2.47. The molecule has 4 rings (SSSR count). The molecule has 1 aromatic heterocycles. The Morgan fingerprint density at radius 1 is 0.964 bits per heavy atom. The number of rotatable bonds is 4. The summed E-state index contributed by atoms with van der Waals surface area (Å²) in [6.07, 6.45) is 4.65. The molecule has 28 heavy (non-hydrogen) atoms. The predicted molar refractivity (Wildman–Crippen MR) is 106 cm³/mol. The minimum atomic E-state index is -0.396. The van der Waals surface area contributed by atoms with Gasteiger partial charge in [-0.1, -0.05) is 30.3 Å². The highest BCUT2D eigenvalue weighted by molar-refractivity contribution is 5.48. The zero-order chi connectivity index (χ0) is 19.4. The van der Waals surface area contributed by atoms with Crippen molar-refractivity contribution in [3.8, 4) is 6.07 Å². The molecule has 2 heterocycles. The largest absolute Gasteiger partial charge is 0.371 e. The molecule has 2 aromatic carbocycles. The molecule has 140 valence electrons. The van der Waals surface area contributed by atoms with Crippen LogP contribution in [0.4, 0.5) is 16.0 Å². The summed E-state index contributed by atoms with van der Waals surface area (Å²) >= 11 is 0. The van der Waals surface area contributed by atoms with Crippen LogP contribution >= 0.6 is 0 Å². The molecule has 0 unspecified atom stereocenters. The summed E-state index contributed by atoms with van der Waals surface area (Å²) in [5, 5.41) is 12.4. The number of aromatic nitrogens is 2. The van der Waals surface area contributed by atoms with Crippen LogP contribution in [0.25, 0.3) is 0 Å². The summed E-state index contributed by atoms with van der Waals surface area (Å²) in [7, 11) is 0. The first kappa shape index (κ1) is 17.9. The maximum atomic E-state index is 13.5. The van der Waals surface area contributed by atoms with E-state index in [1.54, 1.807) is 0 Å². The third kappa shape index (κ3) is 3.65. The Morgan fingerprint density at radius 2 is 1.61 bits per heavy atom. The van der Waals surface area contributed by atoms with Gasteiger partial charge in [-0.25, -0.2) is 14.4 Å². The number of piperidine rings is 1. The smallest absolute Gasteiger partial charge is 0.223 e. The van der Waals surface area contributed by atoms with E-state index in [1.165, 1.54) is 30.2 Å². The summed E-state index contributed by atoms with van der Waals surface area (Å²) in [6, 6.07) is 19.0. The number of nitrogens with one attached hydrogen (secondary N) is 1. The number of anilines is 2. The Balaban J connectivity index is 1.61. The number of hydrogen-bond acceptors (Lipinski definition) is 5. The molecule has 1 aliphatic heterocycles. The van der Waals surface area contributed by atoms with Crippen molar-refractivity contribution in [1.29, 1.82) is 5.26 Å². The maximum absolute atomic E-state index is 13.5. The van der Waals surface area contributed by atoms with Crippen LogP contribution in [0.5, 0.6) is 0 Å². The van der Waals surface area contributed by atoms with E-state index in [-0.39, 0.29) is 5.82 Å². The van der Waals surface area contributed by atoms with E-state index >= 15 is 0 Å². The summed E-state index contributed by atoms with van der Waals surface area (Å²) < 4.78 is 13.5. The van der Waals surface area contributed by atoms with E-state index < -0.39 is 5.54 Å². The first-order chi connectivity index (χ1) is 13.7. The molecular formula is C22H20FN5. The van der Waals surface area contributed by atoms with Crippen LogP contribution in [0.1, 0.15) is 24.0 Å². The van der Waals surface area contributed by atoms with Crippen LogP contribution in [0.3, 0.4) is 0 Å². The average Bonchev–Trinajstić information content (AvgIpc) is 2.76. The van der Waals surface area contributed by atoms with E-state index in [2.05, 4.69) is 32.3 Å². The highest BCUT2D eigenvalue weighted by atomic mass is 19.1. The van der Waals surface area contributed by atoms with Crippen LogP contribution in [0.15, 0.2) is 67.0 Å². The molecule has 1 fully saturated rings. The van der Waals surface area contributed by atoms with Gasteiger partial charge in [-0.3, -0.25) is 0 Å². The highest BCUT2D eigenvalue weighted by Crippen LogP contribution is 2.37. The average molecular weight is 373 g/mol. The Hall–Kier alpha value is -3.46. The van der Waals surface area contributed by atoms with Gasteiger partial charge in [-0.05, 0) is 42.7 Å². The van der Waals surface area contributed by atoms with Crippen LogP contribution in [-0.2, 0) is 5.54 Å². The Bertz CT molecular complexity index is 957. The Labute approximate surface area is 163 Å². The van der Waals surface area contributed by atoms with Gasteiger partial charge >= 0.3 is 0 Å². The van der Waals surface area contributed by atoms with E-state index in [0.717, 1.165) is 31.5 Å². The predicted octanol–water partition coefficient (Wildman–Crippen LogP) is 4.10. The van der Waals surface area contributed by atoms with Gasteiger partial charge in [0.25, 0.3) is 0 Å². The Morgan fingerprint density at radius 3 is 2.21 bits per heavy atom. The van der Waals surface area contributed by atoms with Gasteiger partial charge in [-0.2, -0.15) is 5.26 Å². The fourth-order valence-corrected chi connectivity index (χ4v) is 3.70. The second-order valence-electron chi connectivity index (χ2n) is 6.94. The normalized spacial score (nSPS) is 15.6. The van der Waals surface area contributed by atoms with Gasteiger partial charge < -0.3 is 10.2 Å². The highest BCUT2D eigenvalue weighted by Gasteiger charge is 2.37. The molecule has 3 aromatic rings. The van der Waals surface area contributed by atoms with Crippen LogP contribution < -0.4 is 10.2 Å². The molecule has 0 saturated carbocycles. The topological polar surface area (TPSA) is 64.8 Å². The summed E-state index contributed by atoms with van der Waals surface area (Å²) in [5.74, 6) is 0.215. The van der Waals surface area contributed by atoms with E-state index in [0.29, 0.717) is 11.5 Å². The molecule has 0 radical (unpaired) electrons. The fourth-order valence-electron chi connectivity index (χ4n) is 3.70. The fraction of sp³-hybridized carbons (Fsp3) is 0.227. The molecule has 0 bridgehead atoms. The molecule has 0 spiro atoms. The quantitative estimate of drug-likeness (QED) is 0.746. The van der Waals surface area contributed by atoms with Crippen molar-refractivity contribution < 1.29 is 4.39 Å². The maximum Gasteiger partial charge on any atom is 0.223 e. The number of nitriles is 1. The first-order valence-corrected chi connectivity index (χ1v) is 9.25. The summed E-state index contributed by atoms with van der Waals surface area (Å²) in [6.45, 7) is 1.70. The van der Waals surface area contributed by atoms with Crippen molar-refractivity contribution in [3.63, 3.8) is 0 Å². The third-order valence-corrected chi connectivity index (χ3v) is 5.27. The van der Waals surface area contributed by atoms with Gasteiger partial charge in [0.1, 0.15) is 11.9 Å². The lowest BCUT2D eigenvalue weighted by atomic mass is 9.80. The second kappa shape index (κ2) is 7.65. The lowest BCUT2D eigenvalue weighted by molar-refractivity contribution is 0.372. The number of para-hydroxylation sites is 1. The summed E-state index contributed by atoms with van der Waals surface area (Å²) in [5.41, 5.74) is 2.23. The number of hydrogen-bond donors (Lipinski definition) is 1. The third-order valence-electron chi connectivity index (χ3n) is 5.27. The van der Waals surface area contributed by atoms with Gasteiger partial charge in [0.05, 0.1) is 23.5 Å². The molecule has 6 heteroatoms. The van der Waals surface area contributed by atoms with Crippen molar-refractivity contribution in [2.24, 2.45) is 0 Å². The number of benzene rings is 2. The van der Waals surface area contributed by atoms with Crippen LogP contribution in [-0.4, -0.2) is 23.1 Å². The molecule has 1 saturated heterocycles. The van der Waals surface area contributed by atoms with E-state index in [9.17, 15) is 4.39 Å². The lowest BCUT2D eigenvalue weighted by Gasteiger charge is -2.43. The second-order valence-corrected chi connectivity index (χ2v) is 6.94.